The Kier molecular flexibility index (Phi) is 4.50. The lowest BCUT2D eigenvalue weighted by Crippen LogP contribution is -2.22. The Morgan fingerprint density at radius 3 is 2.86 bits per heavy atom. The maximum Gasteiger partial charge on any atom is 0.292 e. The number of rotatable bonds is 6. The van der Waals surface area contributed by atoms with Crippen molar-refractivity contribution >= 4 is 17.3 Å². The monoisotopic (exact) mass is 289 g/mol. The van der Waals surface area contributed by atoms with E-state index < -0.39 is 4.92 Å². The van der Waals surface area contributed by atoms with Gasteiger partial charge in [-0.15, -0.1) is 0 Å². The molecule has 0 saturated heterocycles. The molecule has 1 aromatic carbocycles. The lowest BCUT2D eigenvalue weighted by Gasteiger charge is -2.08. The van der Waals surface area contributed by atoms with E-state index in [4.69, 9.17) is 0 Å². The molecule has 0 radical (unpaired) electrons. The van der Waals surface area contributed by atoms with Crippen LogP contribution in [0.15, 0.2) is 30.5 Å². The SMILES string of the molecule is CCNC(=O)c1ccc([N+](=O)[O-])c(NCc2ccn[nH]2)c1. The second-order valence-corrected chi connectivity index (χ2v) is 4.28. The number of amides is 1. The van der Waals surface area contributed by atoms with Gasteiger partial charge in [0.25, 0.3) is 11.6 Å². The maximum absolute atomic E-state index is 11.8. The van der Waals surface area contributed by atoms with Crippen molar-refractivity contribution in [3.05, 3.63) is 51.8 Å². The normalized spacial score (nSPS) is 10.1. The number of carbonyl (C=O) groups excluding carboxylic acids is 1. The molecule has 1 aromatic heterocycles. The number of nitro benzene ring substituents is 1. The minimum absolute atomic E-state index is 0.0810. The largest absolute Gasteiger partial charge is 0.374 e. The van der Waals surface area contributed by atoms with Crippen LogP contribution in [0.2, 0.25) is 0 Å². The van der Waals surface area contributed by atoms with Gasteiger partial charge in [0.15, 0.2) is 0 Å². The number of aromatic nitrogens is 2. The molecule has 0 aliphatic heterocycles. The summed E-state index contributed by atoms with van der Waals surface area (Å²) in [5, 5.41) is 23.2. The van der Waals surface area contributed by atoms with Crippen molar-refractivity contribution in [1.82, 2.24) is 15.5 Å². The van der Waals surface area contributed by atoms with Crippen LogP contribution in [0.4, 0.5) is 11.4 Å². The zero-order valence-electron chi connectivity index (χ0n) is 11.4. The van der Waals surface area contributed by atoms with Gasteiger partial charge in [-0.3, -0.25) is 20.0 Å². The maximum atomic E-state index is 11.8. The summed E-state index contributed by atoms with van der Waals surface area (Å²) in [6, 6.07) is 5.98. The van der Waals surface area contributed by atoms with Crippen molar-refractivity contribution in [3.63, 3.8) is 0 Å². The first-order valence-electron chi connectivity index (χ1n) is 6.40. The second-order valence-electron chi connectivity index (χ2n) is 4.28. The minimum Gasteiger partial charge on any atom is -0.374 e. The summed E-state index contributed by atoms with van der Waals surface area (Å²) in [5.41, 5.74) is 1.36. The highest BCUT2D eigenvalue weighted by Gasteiger charge is 2.16. The summed E-state index contributed by atoms with van der Waals surface area (Å²) in [7, 11) is 0. The number of hydrogen-bond donors (Lipinski definition) is 3. The van der Waals surface area contributed by atoms with Crippen LogP contribution in [0.25, 0.3) is 0 Å². The Hall–Kier alpha value is -2.90. The zero-order valence-corrected chi connectivity index (χ0v) is 11.4. The zero-order chi connectivity index (χ0) is 15.2. The van der Waals surface area contributed by atoms with Crippen molar-refractivity contribution in [2.24, 2.45) is 0 Å². The number of benzene rings is 1. The average Bonchev–Trinajstić information content (AvgIpc) is 2.98. The molecule has 0 unspecified atom stereocenters. The van der Waals surface area contributed by atoms with E-state index in [-0.39, 0.29) is 11.6 Å². The summed E-state index contributed by atoms with van der Waals surface area (Å²) in [5.74, 6) is -0.267. The van der Waals surface area contributed by atoms with Crippen molar-refractivity contribution in [3.8, 4) is 0 Å². The van der Waals surface area contributed by atoms with E-state index in [0.717, 1.165) is 5.69 Å². The highest BCUT2D eigenvalue weighted by atomic mass is 16.6. The van der Waals surface area contributed by atoms with Crippen LogP contribution in [-0.4, -0.2) is 27.6 Å². The molecule has 21 heavy (non-hydrogen) atoms. The predicted molar refractivity (Wildman–Crippen MR) is 77.0 cm³/mol. The van der Waals surface area contributed by atoms with E-state index in [9.17, 15) is 14.9 Å². The van der Waals surface area contributed by atoms with Crippen LogP contribution in [0.5, 0.6) is 0 Å². The Morgan fingerprint density at radius 2 is 2.24 bits per heavy atom. The van der Waals surface area contributed by atoms with Gasteiger partial charge in [0, 0.05) is 24.4 Å². The van der Waals surface area contributed by atoms with E-state index in [0.29, 0.717) is 24.3 Å². The summed E-state index contributed by atoms with van der Waals surface area (Å²) in [6.07, 6.45) is 1.59. The molecule has 110 valence electrons. The molecule has 1 heterocycles. The van der Waals surface area contributed by atoms with Gasteiger partial charge in [-0.05, 0) is 25.1 Å². The Bertz CT molecular complexity index is 639. The van der Waals surface area contributed by atoms with Crippen LogP contribution in [0.3, 0.4) is 0 Å². The molecule has 3 N–H and O–H groups in total. The van der Waals surface area contributed by atoms with E-state index >= 15 is 0 Å². The van der Waals surface area contributed by atoms with Gasteiger partial charge in [-0.1, -0.05) is 0 Å². The molecule has 8 heteroatoms. The minimum atomic E-state index is -0.489. The van der Waals surface area contributed by atoms with Crippen LogP contribution in [-0.2, 0) is 6.54 Å². The van der Waals surface area contributed by atoms with Crippen LogP contribution in [0, 0.1) is 10.1 Å². The lowest BCUT2D eigenvalue weighted by atomic mass is 10.1. The Morgan fingerprint density at radius 1 is 1.43 bits per heavy atom. The van der Waals surface area contributed by atoms with Gasteiger partial charge >= 0.3 is 0 Å². The van der Waals surface area contributed by atoms with Crippen molar-refractivity contribution < 1.29 is 9.72 Å². The van der Waals surface area contributed by atoms with E-state index in [1.54, 1.807) is 19.2 Å². The van der Waals surface area contributed by atoms with Crippen LogP contribution >= 0.6 is 0 Å². The molecule has 0 fully saturated rings. The summed E-state index contributed by atoms with van der Waals surface area (Å²) < 4.78 is 0. The van der Waals surface area contributed by atoms with Crippen molar-refractivity contribution in [1.29, 1.82) is 0 Å². The van der Waals surface area contributed by atoms with Gasteiger partial charge in [-0.2, -0.15) is 5.10 Å². The van der Waals surface area contributed by atoms with Gasteiger partial charge in [0.2, 0.25) is 0 Å². The first kappa shape index (κ1) is 14.5. The number of hydrogen-bond acceptors (Lipinski definition) is 5. The van der Waals surface area contributed by atoms with Gasteiger partial charge in [0.05, 0.1) is 17.2 Å². The van der Waals surface area contributed by atoms with Crippen LogP contribution in [0.1, 0.15) is 23.0 Å². The molecule has 0 atom stereocenters. The molecule has 0 spiro atoms. The fourth-order valence-corrected chi connectivity index (χ4v) is 1.81. The van der Waals surface area contributed by atoms with Crippen LogP contribution < -0.4 is 10.6 Å². The second kappa shape index (κ2) is 6.51. The Labute approximate surface area is 120 Å². The smallest absolute Gasteiger partial charge is 0.292 e. The van der Waals surface area contributed by atoms with E-state index in [1.807, 2.05) is 0 Å². The quantitative estimate of drug-likeness (QED) is 0.553. The van der Waals surface area contributed by atoms with E-state index in [2.05, 4.69) is 20.8 Å². The molecule has 1 amide bonds. The number of anilines is 1. The number of nitrogens with one attached hydrogen (secondary N) is 3. The fraction of sp³-hybridized carbons (Fsp3) is 0.231. The molecule has 0 saturated carbocycles. The number of H-pyrrole nitrogens is 1. The highest BCUT2D eigenvalue weighted by molar-refractivity contribution is 5.95. The third kappa shape index (κ3) is 3.56. The molecule has 2 rings (SSSR count). The average molecular weight is 289 g/mol. The Balaban J connectivity index is 2.24. The first-order chi connectivity index (χ1) is 10.1. The summed E-state index contributed by atoms with van der Waals surface area (Å²) in [6.45, 7) is 2.65. The predicted octanol–water partition coefficient (Wildman–Crippen LogP) is 1.68. The molecule has 2 aromatic rings. The van der Waals surface area contributed by atoms with Gasteiger partial charge in [-0.25, -0.2) is 0 Å². The fourth-order valence-electron chi connectivity index (χ4n) is 1.81. The molecular formula is C13H15N5O3. The van der Waals surface area contributed by atoms with Gasteiger partial charge in [0.1, 0.15) is 5.69 Å². The number of nitrogens with zero attached hydrogens (tertiary/aromatic N) is 2. The molecule has 0 bridgehead atoms. The first-order valence-corrected chi connectivity index (χ1v) is 6.40. The molecule has 8 nitrogen and oxygen atoms in total. The third-order valence-corrected chi connectivity index (χ3v) is 2.82. The van der Waals surface area contributed by atoms with Crippen molar-refractivity contribution in [2.45, 2.75) is 13.5 Å². The third-order valence-electron chi connectivity index (χ3n) is 2.82. The van der Waals surface area contributed by atoms with Crippen molar-refractivity contribution in [2.75, 3.05) is 11.9 Å². The topological polar surface area (TPSA) is 113 Å². The molecule has 0 aliphatic carbocycles. The summed E-state index contributed by atoms with van der Waals surface area (Å²) >= 11 is 0. The standard InChI is InChI=1S/C13H15N5O3/c1-2-14-13(19)9-3-4-12(18(20)21)11(7-9)15-8-10-5-6-16-17-10/h3-7,15H,2,8H2,1H3,(H,14,19)(H,16,17). The number of aromatic amines is 1. The van der Waals surface area contributed by atoms with E-state index in [1.165, 1.54) is 18.2 Å². The molecular weight excluding hydrogens is 274 g/mol. The number of nitro groups is 1. The lowest BCUT2D eigenvalue weighted by molar-refractivity contribution is -0.384. The molecule has 0 aliphatic rings. The number of carbonyl (C=O) groups is 1. The van der Waals surface area contributed by atoms with Gasteiger partial charge < -0.3 is 10.6 Å². The highest BCUT2D eigenvalue weighted by Crippen LogP contribution is 2.26. The summed E-state index contributed by atoms with van der Waals surface area (Å²) in [4.78, 5) is 22.3.